The highest BCUT2D eigenvalue weighted by Gasteiger charge is 2.19. The molecule has 0 aliphatic heterocycles. The number of ether oxygens (including phenoxy) is 1. The Morgan fingerprint density at radius 2 is 2.11 bits per heavy atom. The Hall–Kier alpha value is -1.56. The molecule has 0 aliphatic carbocycles. The van der Waals surface area contributed by atoms with E-state index in [1.54, 1.807) is 16.7 Å². The van der Waals surface area contributed by atoms with Crippen molar-refractivity contribution in [3.05, 3.63) is 11.4 Å². The van der Waals surface area contributed by atoms with Gasteiger partial charge in [0.2, 0.25) is 5.91 Å². The molecule has 1 heterocycles. The van der Waals surface area contributed by atoms with Gasteiger partial charge in [0.1, 0.15) is 6.54 Å². The fraction of sp³-hybridized carbons (Fsp3) is 0.692. The number of aryl methyl sites for hydroxylation is 1. The van der Waals surface area contributed by atoms with Gasteiger partial charge in [-0.25, -0.2) is 0 Å². The molecule has 1 amide bonds. The molecule has 0 aliphatic rings. The summed E-state index contributed by atoms with van der Waals surface area (Å²) < 4.78 is 6.70. The summed E-state index contributed by atoms with van der Waals surface area (Å²) in [7, 11) is 1.63. The molecular formula is C13H24N4O2. The van der Waals surface area contributed by atoms with Crippen molar-refractivity contribution in [2.45, 2.75) is 40.3 Å². The number of nitrogens with zero attached hydrogens (tertiary/aromatic N) is 3. The molecule has 19 heavy (non-hydrogen) atoms. The maximum Gasteiger partial charge on any atom is 0.244 e. The summed E-state index contributed by atoms with van der Waals surface area (Å²) in [5.74, 6) is 0.0256. The molecule has 2 N–H and O–H groups in total. The maximum absolute atomic E-state index is 12.3. The Morgan fingerprint density at radius 1 is 1.47 bits per heavy atom. The van der Waals surface area contributed by atoms with Crippen LogP contribution in [0.3, 0.4) is 0 Å². The quantitative estimate of drug-likeness (QED) is 0.834. The number of nitrogens with two attached hydrogens (primary N) is 1. The van der Waals surface area contributed by atoms with Crippen molar-refractivity contribution in [3.63, 3.8) is 0 Å². The molecule has 0 saturated heterocycles. The van der Waals surface area contributed by atoms with Crippen LogP contribution in [0.4, 0.5) is 5.69 Å². The Kier molecular flexibility index (Phi) is 5.35. The third kappa shape index (κ3) is 3.70. The normalized spacial score (nSPS) is 11.1. The Labute approximate surface area is 114 Å². The second-order valence-electron chi connectivity index (χ2n) is 4.92. The van der Waals surface area contributed by atoms with Crippen molar-refractivity contribution in [3.8, 4) is 0 Å². The largest absolute Gasteiger partial charge is 0.396 e. The monoisotopic (exact) mass is 268 g/mol. The number of amides is 1. The van der Waals surface area contributed by atoms with E-state index >= 15 is 0 Å². The first-order valence-electron chi connectivity index (χ1n) is 6.46. The summed E-state index contributed by atoms with van der Waals surface area (Å²) in [4.78, 5) is 14.1. The lowest BCUT2D eigenvalue weighted by molar-refractivity contribution is -0.134. The van der Waals surface area contributed by atoms with Gasteiger partial charge >= 0.3 is 0 Å². The highest BCUT2D eigenvalue weighted by Crippen LogP contribution is 2.15. The van der Waals surface area contributed by atoms with Crippen LogP contribution >= 0.6 is 0 Å². The van der Waals surface area contributed by atoms with Crippen LogP contribution in [0.5, 0.6) is 0 Å². The van der Waals surface area contributed by atoms with Crippen molar-refractivity contribution in [2.24, 2.45) is 0 Å². The molecule has 1 rings (SSSR count). The van der Waals surface area contributed by atoms with Crippen LogP contribution in [-0.2, 0) is 16.1 Å². The number of rotatable bonds is 6. The van der Waals surface area contributed by atoms with Crippen molar-refractivity contribution < 1.29 is 9.53 Å². The molecule has 108 valence electrons. The summed E-state index contributed by atoms with van der Waals surface area (Å²) in [6, 6.07) is 0.136. The zero-order chi connectivity index (χ0) is 14.6. The molecule has 0 saturated carbocycles. The number of carbonyl (C=O) groups excluding carboxylic acids is 1. The molecule has 0 fully saturated rings. The minimum atomic E-state index is 0.0256. The minimum absolute atomic E-state index is 0.0256. The number of carbonyl (C=O) groups is 1. The number of methoxy groups -OCH3 is 1. The van der Waals surface area contributed by atoms with Gasteiger partial charge in [0, 0.05) is 19.7 Å². The van der Waals surface area contributed by atoms with Gasteiger partial charge in [-0.3, -0.25) is 9.48 Å². The van der Waals surface area contributed by atoms with E-state index < -0.39 is 0 Å². The van der Waals surface area contributed by atoms with E-state index in [1.165, 1.54) is 0 Å². The molecule has 1 aromatic heterocycles. The van der Waals surface area contributed by atoms with Crippen molar-refractivity contribution in [2.75, 3.05) is 26.0 Å². The zero-order valence-electron chi connectivity index (χ0n) is 12.4. The topological polar surface area (TPSA) is 73.4 Å². The Balaban J connectivity index is 2.78. The Morgan fingerprint density at radius 3 is 2.53 bits per heavy atom. The smallest absolute Gasteiger partial charge is 0.244 e. The average molecular weight is 268 g/mol. The molecule has 1 aromatic rings. The number of hydrogen-bond donors (Lipinski definition) is 1. The first kappa shape index (κ1) is 15.5. The molecule has 0 radical (unpaired) electrons. The highest BCUT2D eigenvalue weighted by atomic mass is 16.5. The number of aromatic nitrogens is 2. The lowest BCUT2D eigenvalue weighted by atomic mass is 10.3. The summed E-state index contributed by atoms with van der Waals surface area (Å²) in [6.07, 6.45) is 0. The third-order valence-corrected chi connectivity index (χ3v) is 3.20. The van der Waals surface area contributed by atoms with E-state index in [-0.39, 0.29) is 18.5 Å². The molecule has 0 bridgehead atoms. The van der Waals surface area contributed by atoms with Gasteiger partial charge < -0.3 is 15.4 Å². The third-order valence-electron chi connectivity index (χ3n) is 3.20. The molecule has 6 nitrogen and oxygen atoms in total. The van der Waals surface area contributed by atoms with Crippen LogP contribution in [0, 0.1) is 13.8 Å². The van der Waals surface area contributed by atoms with Gasteiger partial charge in [0.25, 0.3) is 0 Å². The zero-order valence-corrected chi connectivity index (χ0v) is 12.4. The molecule has 0 atom stereocenters. The highest BCUT2D eigenvalue weighted by molar-refractivity contribution is 5.76. The summed E-state index contributed by atoms with van der Waals surface area (Å²) >= 11 is 0. The fourth-order valence-corrected chi connectivity index (χ4v) is 1.94. The summed E-state index contributed by atoms with van der Waals surface area (Å²) in [5, 5.41) is 4.28. The number of anilines is 1. The maximum atomic E-state index is 12.3. The number of nitrogen functional groups attached to an aromatic ring is 1. The predicted molar refractivity (Wildman–Crippen MR) is 74.8 cm³/mol. The van der Waals surface area contributed by atoms with Gasteiger partial charge in [0.05, 0.1) is 23.7 Å². The first-order valence-corrected chi connectivity index (χ1v) is 6.46. The van der Waals surface area contributed by atoms with E-state index in [0.717, 1.165) is 11.4 Å². The van der Waals surface area contributed by atoms with E-state index in [1.807, 2.05) is 27.7 Å². The van der Waals surface area contributed by atoms with E-state index in [4.69, 9.17) is 10.5 Å². The van der Waals surface area contributed by atoms with Crippen molar-refractivity contribution in [1.82, 2.24) is 14.7 Å². The SMILES string of the molecule is COCCN(C(=O)Cn1nc(C)c(N)c1C)C(C)C. The van der Waals surface area contributed by atoms with Crippen LogP contribution in [0.25, 0.3) is 0 Å². The minimum Gasteiger partial charge on any atom is -0.396 e. The second kappa shape index (κ2) is 6.56. The van der Waals surface area contributed by atoms with Gasteiger partial charge in [0.15, 0.2) is 0 Å². The molecular weight excluding hydrogens is 244 g/mol. The van der Waals surface area contributed by atoms with Gasteiger partial charge in [-0.2, -0.15) is 5.10 Å². The van der Waals surface area contributed by atoms with Crippen LogP contribution in [-0.4, -0.2) is 46.9 Å². The molecule has 0 aromatic carbocycles. The first-order chi connectivity index (χ1) is 8.88. The van der Waals surface area contributed by atoms with Gasteiger partial charge in [-0.05, 0) is 27.7 Å². The van der Waals surface area contributed by atoms with Gasteiger partial charge in [-0.15, -0.1) is 0 Å². The predicted octanol–water partition coefficient (Wildman–Crippen LogP) is 0.966. The fourth-order valence-electron chi connectivity index (χ4n) is 1.94. The average Bonchev–Trinajstić information content (AvgIpc) is 2.57. The van der Waals surface area contributed by atoms with Crippen molar-refractivity contribution in [1.29, 1.82) is 0 Å². The molecule has 0 unspecified atom stereocenters. The standard InChI is InChI=1S/C13H24N4O2/c1-9(2)16(6-7-19-5)12(18)8-17-11(4)13(14)10(3)15-17/h9H,6-8,14H2,1-5H3. The van der Waals surface area contributed by atoms with Crippen molar-refractivity contribution >= 4 is 11.6 Å². The van der Waals surface area contributed by atoms with Crippen LogP contribution < -0.4 is 5.73 Å². The van der Waals surface area contributed by atoms with Crippen LogP contribution in [0.2, 0.25) is 0 Å². The van der Waals surface area contributed by atoms with Gasteiger partial charge in [-0.1, -0.05) is 0 Å². The lowest BCUT2D eigenvalue weighted by Gasteiger charge is -2.26. The summed E-state index contributed by atoms with van der Waals surface area (Å²) in [5.41, 5.74) is 8.12. The number of hydrogen-bond acceptors (Lipinski definition) is 4. The molecule has 6 heteroatoms. The van der Waals surface area contributed by atoms with E-state index in [9.17, 15) is 4.79 Å². The van der Waals surface area contributed by atoms with E-state index in [0.29, 0.717) is 18.8 Å². The van der Waals surface area contributed by atoms with Crippen LogP contribution in [0.15, 0.2) is 0 Å². The Bertz CT molecular complexity index is 440. The summed E-state index contributed by atoms with van der Waals surface area (Å²) in [6.45, 7) is 9.02. The van der Waals surface area contributed by atoms with Crippen LogP contribution in [0.1, 0.15) is 25.2 Å². The lowest BCUT2D eigenvalue weighted by Crippen LogP contribution is -2.41. The molecule has 0 spiro atoms. The second-order valence-corrected chi connectivity index (χ2v) is 4.92. The van der Waals surface area contributed by atoms with E-state index in [2.05, 4.69) is 5.10 Å².